The summed E-state index contributed by atoms with van der Waals surface area (Å²) in [4.78, 5) is 13.0. The van der Waals surface area contributed by atoms with Crippen LogP contribution in [0, 0.1) is 12.8 Å². The van der Waals surface area contributed by atoms with E-state index < -0.39 is 16.1 Å². The SMILES string of the molecule is Cc1ccc(S(=O)(=O)N2CC(C(=O)NCC3CCCCC3)Oc3ccccc32)cc1. The second-order valence-corrected chi connectivity index (χ2v) is 10.0. The van der Waals surface area contributed by atoms with Crippen LogP contribution in [-0.4, -0.2) is 33.5 Å². The Labute approximate surface area is 178 Å². The maximum Gasteiger partial charge on any atom is 0.264 e. The molecule has 2 aliphatic rings. The molecule has 2 aromatic rings. The third-order valence-electron chi connectivity index (χ3n) is 5.93. The van der Waals surface area contributed by atoms with Gasteiger partial charge in [0.2, 0.25) is 0 Å². The minimum atomic E-state index is -3.82. The van der Waals surface area contributed by atoms with Gasteiger partial charge in [0.15, 0.2) is 6.10 Å². The van der Waals surface area contributed by atoms with Gasteiger partial charge in [0.1, 0.15) is 5.75 Å². The molecule has 7 heteroatoms. The first-order valence-corrected chi connectivity index (χ1v) is 12.0. The Balaban J connectivity index is 1.56. The lowest BCUT2D eigenvalue weighted by molar-refractivity contribution is -0.128. The van der Waals surface area contributed by atoms with Crippen LogP contribution in [0.15, 0.2) is 53.4 Å². The lowest BCUT2D eigenvalue weighted by Crippen LogP contribution is -2.51. The number of nitrogens with one attached hydrogen (secondary N) is 1. The van der Waals surface area contributed by atoms with E-state index in [9.17, 15) is 13.2 Å². The summed E-state index contributed by atoms with van der Waals surface area (Å²) in [5, 5.41) is 2.99. The molecule has 0 spiro atoms. The number of carbonyl (C=O) groups excluding carboxylic acids is 1. The smallest absolute Gasteiger partial charge is 0.264 e. The van der Waals surface area contributed by atoms with Gasteiger partial charge in [-0.3, -0.25) is 9.10 Å². The Hall–Kier alpha value is -2.54. The number of fused-ring (bicyclic) bond motifs is 1. The van der Waals surface area contributed by atoms with Crippen molar-refractivity contribution in [1.82, 2.24) is 5.32 Å². The van der Waals surface area contributed by atoms with Crippen LogP contribution < -0.4 is 14.4 Å². The van der Waals surface area contributed by atoms with Crippen molar-refractivity contribution in [2.75, 3.05) is 17.4 Å². The molecule has 1 aliphatic heterocycles. The summed E-state index contributed by atoms with van der Waals surface area (Å²) < 4.78 is 33.9. The summed E-state index contributed by atoms with van der Waals surface area (Å²) >= 11 is 0. The fraction of sp³-hybridized carbons (Fsp3) is 0.435. The van der Waals surface area contributed by atoms with Crippen molar-refractivity contribution >= 4 is 21.6 Å². The molecule has 1 aliphatic carbocycles. The lowest BCUT2D eigenvalue weighted by atomic mass is 9.89. The van der Waals surface area contributed by atoms with E-state index in [2.05, 4.69) is 5.32 Å². The zero-order valence-corrected chi connectivity index (χ0v) is 18.0. The predicted octanol–water partition coefficient (Wildman–Crippen LogP) is 3.65. The second kappa shape index (κ2) is 8.68. The van der Waals surface area contributed by atoms with E-state index in [0.717, 1.165) is 18.4 Å². The highest BCUT2D eigenvalue weighted by molar-refractivity contribution is 7.92. The van der Waals surface area contributed by atoms with Crippen molar-refractivity contribution in [1.29, 1.82) is 0 Å². The van der Waals surface area contributed by atoms with E-state index in [1.807, 2.05) is 6.92 Å². The van der Waals surface area contributed by atoms with Gasteiger partial charge in [0.25, 0.3) is 15.9 Å². The Morgan fingerprint density at radius 1 is 1.07 bits per heavy atom. The van der Waals surface area contributed by atoms with Gasteiger partial charge in [-0.2, -0.15) is 0 Å². The molecule has 1 fully saturated rings. The van der Waals surface area contributed by atoms with Crippen LogP contribution in [0.3, 0.4) is 0 Å². The standard InChI is InChI=1S/C23H28N2O4S/c1-17-11-13-19(14-12-17)30(27,28)25-16-22(29-21-10-6-5-9-20(21)25)23(26)24-15-18-7-3-2-4-8-18/h5-6,9-14,18,22H,2-4,7-8,15-16H2,1H3,(H,24,26). The van der Waals surface area contributed by atoms with Crippen LogP contribution in [0.1, 0.15) is 37.7 Å². The van der Waals surface area contributed by atoms with Crippen LogP contribution >= 0.6 is 0 Å². The van der Waals surface area contributed by atoms with Gasteiger partial charge >= 0.3 is 0 Å². The normalized spacial score (nSPS) is 19.6. The molecule has 4 rings (SSSR count). The van der Waals surface area contributed by atoms with Gasteiger partial charge < -0.3 is 10.1 Å². The first-order chi connectivity index (χ1) is 14.4. The molecule has 1 atom stereocenters. The van der Waals surface area contributed by atoms with Crippen LogP contribution in [0.4, 0.5) is 5.69 Å². The highest BCUT2D eigenvalue weighted by atomic mass is 32.2. The molecule has 160 valence electrons. The zero-order valence-electron chi connectivity index (χ0n) is 17.2. The van der Waals surface area contributed by atoms with E-state index in [1.165, 1.54) is 23.6 Å². The number of hydrogen-bond acceptors (Lipinski definition) is 4. The Kier molecular flexibility index (Phi) is 5.99. The van der Waals surface area contributed by atoms with E-state index in [0.29, 0.717) is 23.9 Å². The number of nitrogens with zero attached hydrogens (tertiary/aromatic N) is 1. The van der Waals surface area contributed by atoms with Gasteiger partial charge in [0, 0.05) is 6.54 Å². The summed E-state index contributed by atoms with van der Waals surface area (Å²) in [5.74, 6) is 0.627. The zero-order chi connectivity index (χ0) is 21.1. The van der Waals surface area contributed by atoms with E-state index in [1.54, 1.807) is 48.5 Å². The molecule has 0 bridgehead atoms. The molecule has 1 N–H and O–H groups in total. The molecular formula is C23H28N2O4S. The third-order valence-corrected chi connectivity index (χ3v) is 7.72. The average molecular weight is 429 g/mol. The van der Waals surface area contributed by atoms with Crippen LogP contribution in [-0.2, 0) is 14.8 Å². The average Bonchev–Trinajstić information content (AvgIpc) is 2.77. The number of ether oxygens (including phenoxy) is 1. The summed E-state index contributed by atoms with van der Waals surface area (Å²) in [6, 6.07) is 13.7. The van der Waals surface area contributed by atoms with Crippen molar-refractivity contribution in [3.05, 3.63) is 54.1 Å². The van der Waals surface area contributed by atoms with Crippen molar-refractivity contribution in [2.45, 2.75) is 50.0 Å². The largest absolute Gasteiger partial charge is 0.476 e. The Morgan fingerprint density at radius 2 is 1.77 bits per heavy atom. The third kappa shape index (κ3) is 4.31. The predicted molar refractivity (Wildman–Crippen MR) is 116 cm³/mol. The fourth-order valence-electron chi connectivity index (χ4n) is 4.15. The highest BCUT2D eigenvalue weighted by Gasteiger charge is 2.37. The number of benzene rings is 2. The molecule has 1 amide bonds. The molecule has 30 heavy (non-hydrogen) atoms. The molecule has 0 saturated heterocycles. The van der Waals surface area contributed by atoms with Gasteiger partial charge in [-0.15, -0.1) is 0 Å². The maximum atomic E-state index is 13.4. The van der Waals surface area contributed by atoms with Gasteiger partial charge in [-0.05, 0) is 49.9 Å². The van der Waals surface area contributed by atoms with Crippen molar-refractivity contribution in [3.63, 3.8) is 0 Å². The Bertz CT molecular complexity index is 998. The van der Waals surface area contributed by atoms with Gasteiger partial charge in [-0.1, -0.05) is 49.1 Å². The topological polar surface area (TPSA) is 75.7 Å². The van der Waals surface area contributed by atoms with Crippen LogP contribution in [0.5, 0.6) is 5.75 Å². The number of aryl methyl sites for hydroxylation is 1. The van der Waals surface area contributed by atoms with E-state index in [-0.39, 0.29) is 17.3 Å². The number of sulfonamides is 1. The quantitative estimate of drug-likeness (QED) is 0.789. The van der Waals surface area contributed by atoms with Crippen molar-refractivity contribution in [3.8, 4) is 5.75 Å². The number of hydrogen-bond donors (Lipinski definition) is 1. The summed E-state index contributed by atoms with van der Waals surface area (Å²) in [5.41, 5.74) is 1.44. The number of rotatable bonds is 5. The van der Waals surface area contributed by atoms with Crippen LogP contribution in [0.25, 0.3) is 0 Å². The number of amides is 1. The van der Waals surface area contributed by atoms with E-state index >= 15 is 0 Å². The number of anilines is 1. The molecule has 1 heterocycles. The molecule has 0 aromatic heterocycles. The number of carbonyl (C=O) groups is 1. The molecule has 6 nitrogen and oxygen atoms in total. The van der Waals surface area contributed by atoms with Crippen LogP contribution in [0.2, 0.25) is 0 Å². The van der Waals surface area contributed by atoms with Gasteiger partial charge in [-0.25, -0.2) is 8.42 Å². The first kappa shape index (κ1) is 20.7. The first-order valence-electron chi connectivity index (χ1n) is 10.6. The highest BCUT2D eigenvalue weighted by Crippen LogP contribution is 2.36. The summed E-state index contributed by atoms with van der Waals surface area (Å²) in [6.45, 7) is 2.47. The molecule has 0 radical (unpaired) electrons. The van der Waals surface area contributed by atoms with Crippen molar-refractivity contribution in [2.24, 2.45) is 5.92 Å². The summed E-state index contributed by atoms with van der Waals surface area (Å²) in [7, 11) is -3.82. The Morgan fingerprint density at radius 3 is 2.50 bits per heavy atom. The summed E-state index contributed by atoms with van der Waals surface area (Å²) in [6.07, 6.45) is 5.04. The van der Waals surface area contributed by atoms with Crippen molar-refractivity contribution < 1.29 is 17.9 Å². The second-order valence-electron chi connectivity index (χ2n) is 8.17. The molecule has 1 unspecified atom stereocenters. The molecule has 1 saturated carbocycles. The fourth-order valence-corrected chi connectivity index (χ4v) is 5.63. The monoisotopic (exact) mass is 428 g/mol. The minimum absolute atomic E-state index is 0.0519. The number of para-hydroxylation sites is 2. The van der Waals surface area contributed by atoms with E-state index in [4.69, 9.17) is 4.74 Å². The lowest BCUT2D eigenvalue weighted by Gasteiger charge is -2.35. The van der Waals surface area contributed by atoms with Gasteiger partial charge in [0.05, 0.1) is 17.1 Å². The minimum Gasteiger partial charge on any atom is -0.476 e. The molecule has 2 aromatic carbocycles. The maximum absolute atomic E-state index is 13.4. The molecular weight excluding hydrogens is 400 g/mol.